The monoisotopic (exact) mass is 550 g/mol. The molecule has 3 aromatic rings. The van der Waals surface area contributed by atoms with Crippen LogP contribution in [0.3, 0.4) is 0 Å². The molecule has 6 rings (SSSR count). The summed E-state index contributed by atoms with van der Waals surface area (Å²) < 4.78 is 49.5. The van der Waals surface area contributed by atoms with Crippen LogP contribution in [0.2, 0.25) is 0 Å². The number of fused-ring (bicyclic) bond motifs is 4. The molecule has 2 aromatic carbocycles. The summed E-state index contributed by atoms with van der Waals surface area (Å²) in [6.45, 7) is 11.2. The lowest BCUT2D eigenvalue weighted by atomic mass is 10.0. The van der Waals surface area contributed by atoms with Crippen molar-refractivity contribution in [2.45, 2.75) is 50.2 Å². The average Bonchev–Trinajstić information content (AvgIpc) is 3.77. The molecular formula is C29H29F3N6O2. The lowest BCUT2D eigenvalue weighted by Crippen LogP contribution is -2.56. The molecule has 0 unspecified atom stereocenters. The van der Waals surface area contributed by atoms with Gasteiger partial charge in [-0.2, -0.15) is 0 Å². The standard InChI is InChI=1S/C29H29F3N6O2/c1-17(19-5-4-6-20(25(19)30)26(31)32)35-27-21-13-23-24(14-22(21)36(3)16-34-27)40-12-7-18-15-37(10-11-38(18)23)28(39)29(33-2)8-9-29/h4-6,13-14,16-18,26H,7-12,15H2,1,3H3/t17-,18-/m1/s1. The van der Waals surface area contributed by atoms with E-state index in [1.54, 1.807) is 13.3 Å². The molecule has 0 spiro atoms. The number of hydrogen-bond donors (Lipinski definition) is 0. The highest BCUT2D eigenvalue weighted by Gasteiger charge is 2.60. The van der Waals surface area contributed by atoms with Crippen molar-refractivity contribution >= 4 is 22.5 Å². The van der Waals surface area contributed by atoms with E-state index in [1.165, 1.54) is 12.1 Å². The minimum Gasteiger partial charge on any atom is -0.491 e. The summed E-state index contributed by atoms with van der Waals surface area (Å²) in [7, 11) is 1.86. The molecule has 3 aliphatic rings. The molecule has 40 heavy (non-hydrogen) atoms. The van der Waals surface area contributed by atoms with Crippen molar-refractivity contribution in [1.82, 2.24) is 14.5 Å². The Morgan fingerprint density at radius 2 is 2.02 bits per heavy atom. The van der Waals surface area contributed by atoms with E-state index >= 15 is 0 Å². The molecule has 1 saturated heterocycles. The maximum atomic E-state index is 14.9. The quantitative estimate of drug-likeness (QED) is 0.447. The van der Waals surface area contributed by atoms with Crippen LogP contribution >= 0.6 is 0 Å². The van der Waals surface area contributed by atoms with Crippen molar-refractivity contribution in [3.05, 3.63) is 70.5 Å². The number of hydrogen-bond acceptors (Lipinski definition) is 5. The fourth-order valence-corrected chi connectivity index (χ4v) is 5.75. The molecule has 2 fully saturated rings. The van der Waals surface area contributed by atoms with Crippen molar-refractivity contribution in [1.29, 1.82) is 0 Å². The predicted molar refractivity (Wildman–Crippen MR) is 142 cm³/mol. The van der Waals surface area contributed by atoms with Crippen LogP contribution in [0.1, 0.15) is 49.8 Å². The van der Waals surface area contributed by atoms with E-state index in [-0.39, 0.29) is 17.5 Å². The normalized spacial score (nSPS) is 20.8. The third-order valence-corrected chi connectivity index (χ3v) is 8.23. The number of piperazine rings is 1. The Morgan fingerprint density at radius 3 is 2.75 bits per heavy atom. The largest absolute Gasteiger partial charge is 0.491 e. The van der Waals surface area contributed by atoms with Crippen LogP contribution in [0.25, 0.3) is 15.7 Å². The maximum Gasteiger partial charge on any atom is 0.309 e. The number of alkyl halides is 2. The second-order valence-corrected chi connectivity index (χ2v) is 10.8. The van der Waals surface area contributed by atoms with Gasteiger partial charge in [0.15, 0.2) is 5.49 Å². The molecule has 1 amide bonds. The first kappa shape index (κ1) is 26.2. The Labute approximate surface area is 229 Å². The van der Waals surface area contributed by atoms with Gasteiger partial charge in [0.05, 0.1) is 41.8 Å². The molecule has 0 N–H and O–H groups in total. The number of aromatic nitrogens is 2. The number of benzene rings is 2. The van der Waals surface area contributed by atoms with Gasteiger partial charge in [0.2, 0.25) is 0 Å². The molecule has 3 heterocycles. The van der Waals surface area contributed by atoms with Crippen molar-refractivity contribution in [2.75, 3.05) is 31.1 Å². The van der Waals surface area contributed by atoms with Gasteiger partial charge in [0, 0.05) is 63.0 Å². The smallest absolute Gasteiger partial charge is 0.309 e. The average molecular weight is 551 g/mol. The third-order valence-electron chi connectivity index (χ3n) is 8.23. The van der Waals surface area contributed by atoms with Crippen molar-refractivity contribution in [2.24, 2.45) is 12.0 Å². The molecule has 2 atom stereocenters. The van der Waals surface area contributed by atoms with E-state index in [0.29, 0.717) is 55.7 Å². The van der Waals surface area contributed by atoms with Crippen molar-refractivity contribution < 1.29 is 22.7 Å². The highest BCUT2D eigenvalue weighted by Crippen LogP contribution is 2.43. The summed E-state index contributed by atoms with van der Waals surface area (Å²) in [6, 6.07) is 7.13. The maximum absolute atomic E-state index is 14.9. The van der Waals surface area contributed by atoms with Gasteiger partial charge in [-0.15, -0.1) is 0 Å². The highest BCUT2D eigenvalue weighted by atomic mass is 19.3. The number of nitrogens with zero attached hydrogens (tertiary/aromatic N) is 6. The van der Waals surface area contributed by atoms with Crippen LogP contribution in [-0.4, -0.2) is 58.2 Å². The number of ether oxygens (including phenoxy) is 1. The van der Waals surface area contributed by atoms with Gasteiger partial charge in [-0.1, -0.05) is 18.2 Å². The Hall–Kier alpha value is -4.07. The molecule has 8 nitrogen and oxygen atoms in total. The number of amides is 1. The molecule has 2 aliphatic heterocycles. The van der Waals surface area contributed by atoms with Gasteiger partial charge in [-0.25, -0.2) is 24.7 Å². The predicted octanol–water partition coefficient (Wildman–Crippen LogP) is 4.56. The van der Waals surface area contributed by atoms with Gasteiger partial charge in [0.1, 0.15) is 11.6 Å². The topological polar surface area (TPSA) is 67.3 Å². The summed E-state index contributed by atoms with van der Waals surface area (Å²) in [5.74, 6) is -0.310. The Morgan fingerprint density at radius 1 is 1.25 bits per heavy atom. The molecule has 1 aromatic heterocycles. The number of carbonyl (C=O) groups excluding carboxylic acids is 1. The van der Waals surface area contributed by atoms with Gasteiger partial charge in [-0.05, 0) is 13.0 Å². The first-order chi connectivity index (χ1) is 19.2. The van der Waals surface area contributed by atoms with E-state index in [2.05, 4.69) is 19.7 Å². The van der Waals surface area contributed by atoms with Crippen LogP contribution in [-0.2, 0) is 11.8 Å². The first-order valence-electron chi connectivity index (χ1n) is 13.4. The summed E-state index contributed by atoms with van der Waals surface area (Å²) in [5.41, 5.74) is 0.601. The van der Waals surface area contributed by atoms with E-state index < -0.39 is 29.4 Å². The van der Waals surface area contributed by atoms with Crippen molar-refractivity contribution in [3.8, 4) is 5.75 Å². The zero-order valence-electron chi connectivity index (χ0n) is 22.3. The number of aryl methyl sites for hydroxylation is 1. The Bertz CT molecular complexity index is 1610. The van der Waals surface area contributed by atoms with Crippen molar-refractivity contribution in [3.63, 3.8) is 0 Å². The van der Waals surface area contributed by atoms with Crippen LogP contribution < -0.4 is 15.1 Å². The van der Waals surface area contributed by atoms with Crippen LogP contribution in [0.15, 0.2) is 41.7 Å². The summed E-state index contributed by atoms with van der Waals surface area (Å²) in [6.07, 6.45) is 0.670. The minimum absolute atomic E-state index is 0.0221. The van der Waals surface area contributed by atoms with Crippen LogP contribution in [0.5, 0.6) is 5.75 Å². The molecule has 1 saturated carbocycles. The lowest BCUT2D eigenvalue weighted by molar-refractivity contribution is -0.133. The van der Waals surface area contributed by atoms with Crippen LogP contribution in [0.4, 0.5) is 18.9 Å². The molecule has 0 radical (unpaired) electrons. The van der Waals surface area contributed by atoms with Crippen LogP contribution in [0, 0.1) is 12.4 Å². The second kappa shape index (κ2) is 9.84. The fraction of sp³-hybridized carbons (Fsp3) is 0.448. The van der Waals surface area contributed by atoms with E-state index in [0.717, 1.165) is 23.7 Å². The molecule has 1 aliphatic carbocycles. The molecular weight excluding hydrogens is 521 g/mol. The first-order valence-corrected chi connectivity index (χ1v) is 13.4. The summed E-state index contributed by atoms with van der Waals surface area (Å²) in [4.78, 5) is 29.9. The number of halogens is 3. The minimum atomic E-state index is -2.92. The molecule has 11 heteroatoms. The van der Waals surface area contributed by atoms with E-state index in [9.17, 15) is 18.0 Å². The zero-order chi connectivity index (χ0) is 28.2. The van der Waals surface area contributed by atoms with Gasteiger partial charge in [-0.3, -0.25) is 14.6 Å². The fourth-order valence-electron chi connectivity index (χ4n) is 5.75. The highest BCUT2D eigenvalue weighted by molar-refractivity contribution is 5.92. The molecule has 0 bridgehead atoms. The van der Waals surface area contributed by atoms with E-state index in [1.807, 2.05) is 28.6 Å². The second-order valence-electron chi connectivity index (χ2n) is 10.8. The summed E-state index contributed by atoms with van der Waals surface area (Å²) in [5, 5.41) is 0.716. The third kappa shape index (κ3) is 4.35. The number of rotatable bonds is 4. The number of anilines is 1. The summed E-state index contributed by atoms with van der Waals surface area (Å²) >= 11 is 0. The number of carbonyl (C=O) groups is 1. The zero-order valence-corrected chi connectivity index (χ0v) is 22.3. The Balaban J connectivity index is 1.38. The van der Waals surface area contributed by atoms with E-state index in [4.69, 9.17) is 11.3 Å². The SMILES string of the molecule is [C-]#[N+]C1(C(=O)N2CCN3c4cc5c(=N[C@H](C)c6cccc(C(F)F)c6F)ncn(C)c5cc4OCC[C@@H]3C2)CC1. The van der Waals surface area contributed by atoms with Gasteiger partial charge < -0.3 is 19.1 Å². The van der Waals surface area contributed by atoms with Gasteiger partial charge in [0.25, 0.3) is 6.43 Å². The van der Waals surface area contributed by atoms with Gasteiger partial charge >= 0.3 is 11.4 Å². The Kier molecular flexibility index (Phi) is 6.44. The molecule has 208 valence electrons. The lowest BCUT2D eigenvalue weighted by Gasteiger charge is -2.41.